The smallest absolute Gasteiger partial charge is 0.234 e. The monoisotopic (exact) mass is 261 g/mol. The molecule has 0 saturated heterocycles. The van der Waals surface area contributed by atoms with E-state index >= 15 is 0 Å². The summed E-state index contributed by atoms with van der Waals surface area (Å²) in [5, 5.41) is 20.8. The van der Waals surface area contributed by atoms with Crippen molar-refractivity contribution in [1.29, 1.82) is 0 Å². The molecule has 2 N–H and O–H groups in total. The van der Waals surface area contributed by atoms with Gasteiger partial charge in [-0.05, 0) is 25.7 Å². The largest absolute Gasteiger partial charge is 0.492 e. The number of ether oxygens (including phenoxy) is 1. The van der Waals surface area contributed by atoms with Gasteiger partial charge < -0.3 is 15.2 Å². The van der Waals surface area contributed by atoms with Crippen LogP contribution in [0.4, 0.5) is 5.82 Å². The fourth-order valence-electron chi connectivity index (χ4n) is 2.70. The second kappa shape index (κ2) is 5.57. The Hall–Kier alpha value is -1.62. The van der Waals surface area contributed by atoms with Crippen LogP contribution in [-0.2, 0) is 17.8 Å². The van der Waals surface area contributed by atoms with Crippen molar-refractivity contribution in [2.75, 3.05) is 11.9 Å². The first-order valence-electron chi connectivity index (χ1n) is 6.94. The molecule has 0 atom stereocenters. The molecule has 5 heteroatoms. The number of hydrogen-bond acceptors (Lipinski definition) is 5. The standard InChI is InChI=1S/C14H19N3O2/c18-14-11-6-7-19-9-12(11)13(16-17-14)15-8-10-4-2-1-3-5-10/h8H,1-7,9H2,(H,15,16)(H,17,18). The molecule has 5 nitrogen and oxygen atoms in total. The van der Waals surface area contributed by atoms with E-state index in [1.165, 1.54) is 24.8 Å². The second-order valence-electron chi connectivity index (χ2n) is 5.14. The highest BCUT2D eigenvalue weighted by Crippen LogP contribution is 2.29. The van der Waals surface area contributed by atoms with Crippen LogP contribution in [0.3, 0.4) is 0 Å². The van der Waals surface area contributed by atoms with E-state index in [-0.39, 0.29) is 5.88 Å². The van der Waals surface area contributed by atoms with Crippen molar-refractivity contribution in [3.63, 3.8) is 0 Å². The lowest BCUT2D eigenvalue weighted by Crippen LogP contribution is -2.14. The predicted molar refractivity (Wildman–Crippen MR) is 71.8 cm³/mol. The average Bonchev–Trinajstić information content (AvgIpc) is 2.48. The molecule has 0 amide bonds. The molecule has 2 heterocycles. The number of fused-ring (bicyclic) bond motifs is 1. The molecule has 2 aliphatic rings. The summed E-state index contributed by atoms with van der Waals surface area (Å²) >= 11 is 0. The summed E-state index contributed by atoms with van der Waals surface area (Å²) in [6.45, 7) is 1.12. The maximum absolute atomic E-state index is 9.73. The summed E-state index contributed by atoms with van der Waals surface area (Å²) in [6, 6.07) is 0. The lowest BCUT2D eigenvalue weighted by molar-refractivity contribution is 0.109. The summed E-state index contributed by atoms with van der Waals surface area (Å²) < 4.78 is 5.44. The molecular formula is C14H19N3O2. The van der Waals surface area contributed by atoms with Crippen LogP contribution in [0.1, 0.15) is 43.2 Å². The van der Waals surface area contributed by atoms with Gasteiger partial charge >= 0.3 is 0 Å². The van der Waals surface area contributed by atoms with E-state index in [2.05, 4.69) is 21.7 Å². The van der Waals surface area contributed by atoms with Gasteiger partial charge in [0.1, 0.15) is 0 Å². The molecule has 102 valence electrons. The lowest BCUT2D eigenvalue weighted by Gasteiger charge is -2.19. The van der Waals surface area contributed by atoms with Crippen molar-refractivity contribution in [3.05, 3.63) is 22.9 Å². The number of anilines is 1. The zero-order valence-corrected chi connectivity index (χ0v) is 11.0. The number of aromatic hydroxyl groups is 1. The third-order valence-corrected chi connectivity index (χ3v) is 3.82. The molecule has 0 unspecified atom stereocenters. The van der Waals surface area contributed by atoms with Crippen LogP contribution in [0.25, 0.3) is 0 Å². The molecular weight excluding hydrogens is 242 g/mol. The third-order valence-electron chi connectivity index (χ3n) is 3.82. The maximum Gasteiger partial charge on any atom is 0.234 e. The molecule has 1 aliphatic carbocycles. The van der Waals surface area contributed by atoms with Gasteiger partial charge in [-0.1, -0.05) is 12.0 Å². The van der Waals surface area contributed by atoms with Crippen LogP contribution in [0.5, 0.6) is 5.88 Å². The average molecular weight is 261 g/mol. The Morgan fingerprint density at radius 2 is 1.89 bits per heavy atom. The zero-order valence-electron chi connectivity index (χ0n) is 11.0. The Labute approximate surface area is 112 Å². The first kappa shape index (κ1) is 12.4. The number of hydrogen-bond donors (Lipinski definition) is 2. The number of nitrogens with zero attached hydrogens (tertiary/aromatic N) is 2. The topological polar surface area (TPSA) is 67.3 Å². The minimum Gasteiger partial charge on any atom is -0.492 e. The predicted octanol–water partition coefficient (Wildman–Crippen LogP) is 2.51. The Bertz CT molecular complexity index is 492. The number of allylic oxidation sites excluding steroid dienone is 1. The molecule has 0 radical (unpaired) electrons. The van der Waals surface area contributed by atoms with Crippen molar-refractivity contribution in [1.82, 2.24) is 10.2 Å². The van der Waals surface area contributed by atoms with Gasteiger partial charge in [-0.3, -0.25) is 0 Å². The van der Waals surface area contributed by atoms with Gasteiger partial charge in [0.05, 0.1) is 13.2 Å². The number of aromatic nitrogens is 2. The zero-order chi connectivity index (χ0) is 13.1. The number of nitrogens with one attached hydrogen (secondary N) is 1. The molecule has 1 fully saturated rings. The molecule has 1 aliphatic heterocycles. The van der Waals surface area contributed by atoms with Gasteiger partial charge in [0.15, 0.2) is 5.82 Å². The van der Waals surface area contributed by atoms with Gasteiger partial charge in [-0.25, -0.2) is 0 Å². The van der Waals surface area contributed by atoms with Crippen LogP contribution in [0.15, 0.2) is 11.8 Å². The van der Waals surface area contributed by atoms with Gasteiger partial charge in [0, 0.05) is 23.7 Å². The summed E-state index contributed by atoms with van der Waals surface area (Å²) in [4.78, 5) is 0. The van der Waals surface area contributed by atoms with Crippen molar-refractivity contribution >= 4 is 5.82 Å². The van der Waals surface area contributed by atoms with Gasteiger partial charge in [-0.15, -0.1) is 10.2 Å². The summed E-state index contributed by atoms with van der Waals surface area (Å²) in [6.07, 6.45) is 8.96. The molecule has 1 aromatic heterocycles. The van der Waals surface area contributed by atoms with E-state index in [0.29, 0.717) is 25.5 Å². The molecule has 19 heavy (non-hydrogen) atoms. The fraction of sp³-hybridized carbons (Fsp3) is 0.571. The van der Waals surface area contributed by atoms with E-state index in [9.17, 15) is 5.11 Å². The maximum atomic E-state index is 9.73. The lowest BCUT2D eigenvalue weighted by atomic mass is 9.96. The summed E-state index contributed by atoms with van der Waals surface area (Å²) in [5.74, 6) is 0.750. The Kier molecular flexibility index (Phi) is 3.64. The van der Waals surface area contributed by atoms with Crippen molar-refractivity contribution in [2.45, 2.75) is 45.1 Å². The Balaban J connectivity index is 1.81. The number of rotatable bonds is 2. The SMILES string of the molecule is Oc1nnc(NC=C2CCCCC2)c2c1CCOC2. The van der Waals surface area contributed by atoms with Crippen LogP contribution < -0.4 is 5.32 Å². The molecule has 0 bridgehead atoms. The van der Waals surface area contributed by atoms with Gasteiger partial charge in [0.25, 0.3) is 0 Å². The van der Waals surface area contributed by atoms with Crippen molar-refractivity contribution < 1.29 is 9.84 Å². The fourth-order valence-corrected chi connectivity index (χ4v) is 2.70. The second-order valence-corrected chi connectivity index (χ2v) is 5.14. The molecule has 1 saturated carbocycles. The van der Waals surface area contributed by atoms with Crippen LogP contribution in [0.2, 0.25) is 0 Å². The van der Waals surface area contributed by atoms with Crippen LogP contribution >= 0.6 is 0 Å². The molecule has 3 rings (SSSR count). The third kappa shape index (κ3) is 2.71. The van der Waals surface area contributed by atoms with Crippen LogP contribution in [-0.4, -0.2) is 21.9 Å². The minimum absolute atomic E-state index is 0.0363. The van der Waals surface area contributed by atoms with Gasteiger partial charge in [0.2, 0.25) is 5.88 Å². The van der Waals surface area contributed by atoms with E-state index in [1.54, 1.807) is 0 Å². The minimum atomic E-state index is 0.0363. The summed E-state index contributed by atoms with van der Waals surface area (Å²) in [7, 11) is 0. The molecule has 1 aromatic rings. The molecule has 0 aromatic carbocycles. The first-order valence-corrected chi connectivity index (χ1v) is 6.94. The van der Waals surface area contributed by atoms with Crippen LogP contribution in [0, 0.1) is 0 Å². The highest BCUT2D eigenvalue weighted by atomic mass is 16.5. The van der Waals surface area contributed by atoms with E-state index in [4.69, 9.17) is 4.74 Å². The normalized spacial score (nSPS) is 18.8. The molecule has 0 spiro atoms. The van der Waals surface area contributed by atoms with E-state index < -0.39 is 0 Å². The highest BCUT2D eigenvalue weighted by Gasteiger charge is 2.19. The van der Waals surface area contributed by atoms with Gasteiger partial charge in [-0.2, -0.15) is 0 Å². The van der Waals surface area contributed by atoms with E-state index in [1.807, 2.05) is 0 Å². The summed E-state index contributed by atoms with van der Waals surface area (Å²) in [5.41, 5.74) is 3.24. The first-order chi connectivity index (χ1) is 9.34. The van der Waals surface area contributed by atoms with Crippen molar-refractivity contribution in [3.8, 4) is 5.88 Å². The Morgan fingerprint density at radius 1 is 1.05 bits per heavy atom. The Morgan fingerprint density at radius 3 is 2.74 bits per heavy atom. The van der Waals surface area contributed by atoms with Crippen molar-refractivity contribution in [2.24, 2.45) is 0 Å². The van der Waals surface area contributed by atoms with E-state index in [0.717, 1.165) is 24.0 Å². The quantitative estimate of drug-likeness (QED) is 0.856. The highest BCUT2D eigenvalue weighted by molar-refractivity contribution is 5.52.